The second-order valence-electron chi connectivity index (χ2n) is 10.9. The lowest BCUT2D eigenvalue weighted by Crippen LogP contribution is -2.21. The van der Waals surface area contributed by atoms with E-state index in [1.54, 1.807) is 38.0 Å². The molecule has 2 N–H and O–H groups in total. The van der Waals surface area contributed by atoms with Crippen LogP contribution in [-0.4, -0.2) is 61.1 Å². The van der Waals surface area contributed by atoms with Crippen molar-refractivity contribution in [3.63, 3.8) is 0 Å². The van der Waals surface area contributed by atoms with Crippen molar-refractivity contribution in [2.45, 2.75) is 78.2 Å². The quantitative estimate of drug-likeness (QED) is 0.316. The molecule has 0 aliphatic heterocycles. The first kappa shape index (κ1) is 35.3. The van der Waals surface area contributed by atoms with Gasteiger partial charge < -0.3 is 25.2 Å². The highest BCUT2D eigenvalue weighted by Gasteiger charge is 2.22. The van der Waals surface area contributed by atoms with Crippen molar-refractivity contribution in [1.82, 2.24) is 9.80 Å². The molecule has 0 aliphatic carbocycles. The van der Waals surface area contributed by atoms with E-state index in [9.17, 15) is 14.4 Å². The van der Waals surface area contributed by atoms with Gasteiger partial charge in [-0.05, 0) is 68.4 Å². The normalized spacial score (nSPS) is 10.1. The first-order valence-electron chi connectivity index (χ1n) is 13.3. The molecule has 0 heterocycles. The van der Waals surface area contributed by atoms with Crippen LogP contribution in [0.3, 0.4) is 0 Å². The Balaban J connectivity index is 0.000000670. The Morgan fingerprint density at radius 1 is 0.744 bits per heavy atom. The molecule has 0 aromatic heterocycles. The molecule has 0 saturated carbocycles. The fraction of sp³-hybridized carbons (Fsp3) is 0.500. The summed E-state index contributed by atoms with van der Waals surface area (Å²) in [6, 6.07) is 16.2. The summed E-state index contributed by atoms with van der Waals surface area (Å²) in [5.74, 6) is 0.533. The van der Waals surface area contributed by atoms with Crippen molar-refractivity contribution in [3.05, 3.63) is 76.6 Å². The standard InChI is InChI=1S/C17H24N2O.C12H18N2O.C3H6O/c1-17(2,18-3)13-15-11-9-14(10-12-15)7-6-8-16(20)19(4)5;1-14(2)12(15)5-3-4-10-6-8-11(13)9-7-10;1-3(2)4/h9-12H,6-8,13H2,1-2,4-5H3;6-9H,3-5,13H2,1-2H3;1-2H3. The molecular formula is C32H48N4O3. The minimum atomic E-state index is -0.334. The number of benzene rings is 2. The third kappa shape index (κ3) is 18.3. The maximum atomic E-state index is 11.5. The predicted octanol–water partition coefficient (Wildman–Crippen LogP) is 5.61. The highest BCUT2D eigenvalue weighted by molar-refractivity contribution is 5.75. The average Bonchev–Trinajstić information content (AvgIpc) is 2.86. The Kier molecular flexibility index (Phi) is 16.8. The van der Waals surface area contributed by atoms with Gasteiger partial charge in [0.1, 0.15) is 5.78 Å². The number of carbonyl (C=O) groups is 3. The van der Waals surface area contributed by atoms with E-state index >= 15 is 0 Å². The van der Waals surface area contributed by atoms with Crippen molar-refractivity contribution in [3.8, 4) is 0 Å². The Morgan fingerprint density at radius 2 is 1.08 bits per heavy atom. The topological polar surface area (TPSA) is 88.1 Å². The van der Waals surface area contributed by atoms with Crippen molar-refractivity contribution in [2.75, 3.05) is 33.9 Å². The minimum Gasteiger partial charge on any atom is -0.399 e. The summed E-state index contributed by atoms with van der Waals surface area (Å²) in [5.41, 5.74) is 9.71. The van der Waals surface area contributed by atoms with Crippen LogP contribution in [0, 0.1) is 6.57 Å². The number of hydrogen-bond donors (Lipinski definition) is 1. The van der Waals surface area contributed by atoms with Gasteiger partial charge in [0.05, 0.1) is 6.42 Å². The summed E-state index contributed by atoms with van der Waals surface area (Å²) in [7, 11) is 7.14. The third-order valence-corrected chi connectivity index (χ3v) is 5.65. The third-order valence-electron chi connectivity index (χ3n) is 5.65. The highest BCUT2D eigenvalue weighted by atomic mass is 16.2. The van der Waals surface area contributed by atoms with E-state index in [-0.39, 0.29) is 23.1 Å². The van der Waals surface area contributed by atoms with Crippen LogP contribution in [0.2, 0.25) is 0 Å². The van der Waals surface area contributed by atoms with Crippen LogP contribution in [0.4, 0.5) is 5.69 Å². The zero-order valence-electron chi connectivity index (χ0n) is 25.2. The van der Waals surface area contributed by atoms with Crippen molar-refractivity contribution >= 4 is 23.3 Å². The lowest BCUT2D eigenvalue weighted by Gasteiger charge is -2.12. The van der Waals surface area contributed by atoms with Gasteiger partial charge in [-0.2, -0.15) is 0 Å². The van der Waals surface area contributed by atoms with Gasteiger partial charge in [0.15, 0.2) is 0 Å². The van der Waals surface area contributed by atoms with Gasteiger partial charge in [-0.3, -0.25) is 9.59 Å². The number of aryl methyl sites for hydroxylation is 2. The molecule has 2 aromatic carbocycles. The summed E-state index contributed by atoms with van der Waals surface area (Å²) < 4.78 is 0. The van der Waals surface area contributed by atoms with E-state index in [0.29, 0.717) is 12.8 Å². The molecule has 0 bridgehead atoms. The van der Waals surface area contributed by atoms with Crippen LogP contribution in [0.15, 0.2) is 48.5 Å². The van der Waals surface area contributed by atoms with Crippen LogP contribution in [-0.2, 0) is 33.6 Å². The number of nitrogens with two attached hydrogens (primary N) is 1. The van der Waals surface area contributed by atoms with Gasteiger partial charge in [0.2, 0.25) is 17.4 Å². The molecule has 0 aliphatic rings. The lowest BCUT2D eigenvalue weighted by molar-refractivity contribution is -0.129. The molecule has 7 heteroatoms. The van der Waals surface area contributed by atoms with E-state index in [0.717, 1.165) is 37.8 Å². The second kappa shape index (κ2) is 18.6. The van der Waals surface area contributed by atoms with E-state index in [1.807, 2.05) is 38.1 Å². The van der Waals surface area contributed by atoms with Crippen LogP contribution < -0.4 is 5.73 Å². The SMILES string of the molecule is CC(C)=O.CN(C)C(=O)CCCc1ccc(N)cc1.[C-]#[N+]C(C)(C)Cc1ccc(CCCC(=O)N(C)C)cc1. The Hall–Kier alpha value is -3.66. The molecule has 0 saturated heterocycles. The second-order valence-corrected chi connectivity index (χ2v) is 10.9. The smallest absolute Gasteiger partial charge is 0.231 e. The first-order valence-corrected chi connectivity index (χ1v) is 13.3. The number of Topliss-reactive ketones (excluding diaryl/α,β-unsaturated/α-hetero) is 1. The van der Waals surface area contributed by atoms with Crippen LogP contribution in [0.25, 0.3) is 4.85 Å². The van der Waals surface area contributed by atoms with E-state index in [2.05, 4.69) is 29.1 Å². The van der Waals surface area contributed by atoms with Crippen LogP contribution >= 0.6 is 0 Å². The maximum absolute atomic E-state index is 11.5. The average molecular weight is 537 g/mol. The van der Waals surface area contributed by atoms with Crippen molar-refractivity contribution in [1.29, 1.82) is 0 Å². The Bertz CT molecular complexity index is 1050. The molecule has 2 aromatic rings. The molecule has 0 atom stereocenters. The van der Waals surface area contributed by atoms with E-state index < -0.39 is 0 Å². The van der Waals surface area contributed by atoms with Gasteiger partial charge in [-0.15, -0.1) is 0 Å². The lowest BCUT2D eigenvalue weighted by atomic mass is 9.95. The Labute approximate surface area is 236 Å². The summed E-state index contributed by atoms with van der Waals surface area (Å²) in [5, 5.41) is 0. The first-order chi connectivity index (χ1) is 18.2. The monoisotopic (exact) mass is 536 g/mol. The number of ketones is 1. The molecule has 2 amide bonds. The molecular weight excluding hydrogens is 488 g/mol. The fourth-order valence-corrected chi connectivity index (χ4v) is 3.38. The molecule has 0 radical (unpaired) electrons. The highest BCUT2D eigenvalue weighted by Crippen LogP contribution is 2.18. The van der Waals surface area contributed by atoms with Gasteiger partial charge in [-0.25, -0.2) is 6.57 Å². The molecule has 0 unspecified atom stereocenters. The van der Waals surface area contributed by atoms with E-state index in [1.165, 1.54) is 30.5 Å². The largest absolute Gasteiger partial charge is 0.399 e. The molecule has 0 fully saturated rings. The van der Waals surface area contributed by atoms with Crippen LogP contribution in [0.5, 0.6) is 0 Å². The summed E-state index contributed by atoms with van der Waals surface area (Å²) in [4.78, 5) is 39.1. The summed E-state index contributed by atoms with van der Waals surface area (Å²) >= 11 is 0. The molecule has 2 rings (SSSR count). The predicted molar refractivity (Wildman–Crippen MR) is 161 cm³/mol. The maximum Gasteiger partial charge on any atom is 0.231 e. The summed E-state index contributed by atoms with van der Waals surface area (Å²) in [6.07, 6.45) is 5.60. The number of carbonyl (C=O) groups excluding carboxylic acids is 3. The molecule has 7 nitrogen and oxygen atoms in total. The van der Waals surface area contributed by atoms with Gasteiger partial charge in [0, 0.05) is 60.6 Å². The molecule has 39 heavy (non-hydrogen) atoms. The number of anilines is 1. The minimum absolute atomic E-state index is 0.167. The van der Waals surface area contributed by atoms with Gasteiger partial charge in [-0.1, -0.05) is 36.4 Å². The molecule has 214 valence electrons. The number of amides is 2. The number of rotatable bonds is 10. The van der Waals surface area contributed by atoms with Crippen molar-refractivity contribution < 1.29 is 14.4 Å². The van der Waals surface area contributed by atoms with E-state index in [4.69, 9.17) is 12.3 Å². The number of hydrogen-bond acceptors (Lipinski definition) is 4. The van der Waals surface area contributed by atoms with Gasteiger partial charge in [0.25, 0.3) is 0 Å². The Morgan fingerprint density at radius 3 is 1.41 bits per heavy atom. The number of nitrogens with zero attached hydrogens (tertiary/aromatic N) is 3. The summed E-state index contributed by atoms with van der Waals surface area (Å²) in [6.45, 7) is 14.1. The zero-order valence-corrected chi connectivity index (χ0v) is 25.2. The molecule has 0 spiro atoms. The number of nitrogen functional groups attached to an aromatic ring is 1. The fourth-order valence-electron chi connectivity index (χ4n) is 3.38. The van der Waals surface area contributed by atoms with Gasteiger partial charge >= 0.3 is 0 Å². The van der Waals surface area contributed by atoms with Crippen molar-refractivity contribution in [2.24, 2.45) is 0 Å². The van der Waals surface area contributed by atoms with Crippen LogP contribution in [0.1, 0.15) is 70.1 Å². The zero-order chi connectivity index (χ0) is 30.0.